The van der Waals surface area contributed by atoms with E-state index in [0.717, 1.165) is 43.0 Å². The van der Waals surface area contributed by atoms with Crippen LogP contribution in [0.25, 0.3) is 16.6 Å². The fourth-order valence-corrected chi connectivity index (χ4v) is 3.97. The normalized spacial score (nSPS) is 15.9. The largest absolute Gasteiger partial charge is 0.460 e. The zero-order valence-corrected chi connectivity index (χ0v) is 16.2. The number of aromatic nitrogens is 3. The number of aryl methyl sites for hydroxylation is 3. The van der Waals surface area contributed by atoms with Crippen LogP contribution in [0.4, 0.5) is 0 Å². The third-order valence-electron chi connectivity index (χ3n) is 5.55. The monoisotopic (exact) mass is 370 g/mol. The van der Waals surface area contributed by atoms with E-state index in [4.69, 9.17) is 4.42 Å². The number of fused-ring (bicyclic) bond motifs is 3. The molecule has 27 heavy (non-hydrogen) atoms. The summed E-state index contributed by atoms with van der Waals surface area (Å²) in [4.78, 5) is 27.1. The highest BCUT2D eigenvalue weighted by Crippen LogP contribution is 2.23. The number of hydrogen-bond acceptors (Lipinski definition) is 4. The first-order chi connectivity index (χ1) is 12.9. The predicted octanol–water partition coefficient (Wildman–Crippen LogP) is 2.90. The van der Waals surface area contributed by atoms with Crippen LogP contribution in [0, 0.1) is 19.8 Å². The van der Waals surface area contributed by atoms with Gasteiger partial charge in [-0.3, -0.25) is 14.0 Å². The quantitative estimate of drug-likeness (QED) is 0.708. The molecule has 4 rings (SSSR count). The first-order valence-electron chi connectivity index (χ1n) is 9.71. The smallest absolute Gasteiger partial charge is 0.291 e. The van der Waals surface area contributed by atoms with Crippen LogP contribution in [0.1, 0.15) is 44.2 Å². The van der Waals surface area contributed by atoms with Gasteiger partial charge in [-0.05, 0) is 39.0 Å². The second-order valence-electron chi connectivity index (χ2n) is 7.71. The average molecular weight is 370 g/mol. The summed E-state index contributed by atoms with van der Waals surface area (Å²) in [5, 5.41) is 4.45. The SMILES string of the molecule is Cc1cc2c(cc3c(=O)n(CCCC(=O)N4CCC(C)CC4)nc(C)n32)o1. The molecule has 7 heteroatoms. The molecule has 0 spiro atoms. The van der Waals surface area contributed by atoms with Crippen molar-refractivity contribution in [3.8, 4) is 0 Å². The zero-order valence-electron chi connectivity index (χ0n) is 16.2. The summed E-state index contributed by atoms with van der Waals surface area (Å²) in [7, 11) is 0. The van der Waals surface area contributed by atoms with Gasteiger partial charge in [0.1, 0.15) is 17.1 Å². The fraction of sp³-hybridized carbons (Fsp3) is 0.550. The number of furan rings is 1. The second kappa shape index (κ2) is 6.87. The summed E-state index contributed by atoms with van der Waals surface area (Å²) in [6.07, 6.45) is 3.23. The highest BCUT2D eigenvalue weighted by atomic mass is 16.3. The maximum absolute atomic E-state index is 12.8. The third kappa shape index (κ3) is 3.26. The molecule has 0 aliphatic carbocycles. The van der Waals surface area contributed by atoms with Gasteiger partial charge in [0.15, 0.2) is 5.58 Å². The molecule has 1 aliphatic rings. The third-order valence-corrected chi connectivity index (χ3v) is 5.55. The van der Waals surface area contributed by atoms with Crippen LogP contribution in [0.3, 0.4) is 0 Å². The molecule has 144 valence electrons. The van der Waals surface area contributed by atoms with Gasteiger partial charge < -0.3 is 9.32 Å². The molecule has 0 radical (unpaired) electrons. The van der Waals surface area contributed by atoms with Gasteiger partial charge in [-0.25, -0.2) is 4.68 Å². The van der Waals surface area contributed by atoms with Gasteiger partial charge in [0.2, 0.25) is 5.91 Å². The molecular weight excluding hydrogens is 344 g/mol. The van der Waals surface area contributed by atoms with Gasteiger partial charge >= 0.3 is 0 Å². The van der Waals surface area contributed by atoms with Gasteiger partial charge in [-0.2, -0.15) is 5.10 Å². The Morgan fingerprint density at radius 3 is 2.70 bits per heavy atom. The lowest BCUT2D eigenvalue weighted by Crippen LogP contribution is -2.38. The standard InChI is InChI=1S/C20H26N4O3/c1-13-6-9-22(10-7-13)19(25)5-4-8-23-20(26)17-12-18-16(11-14(2)27-18)24(17)15(3)21-23/h11-13H,4-10H2,1-3H3. The summed E-state index contributed by atoms with van der Waals surface area (Å²) in [5.74, 6) is 2.43. The van der Waals surface area contributed by atoms with Crippen LogP contribution in [0.2, 0.25) is 0 Å². The summed E-state index contributed by atoms with van der Waals surface area (Å²) in [6, 6.07) is 3.69. The van der Waals surface area contributed by atoms with Crippen LogP contribution in [0.5, 0.6) is 0 Å². The summed E-state index contributed by atoms with van der Waals surface area (Å²) in [5.41, 5.74) is 1.98. The van der Waals surface area contributed by atoms with E-state index in [9.17, 15) is 9.59 Å². The molecule has 3 aromatic heterocycles. The van der Waals surface area contributed by atoms with Crippen molar-refractivity contribution in [3.05, 3.63) is 34.1 Å². The number of rotatable bonds is 4. The highest BCUT2D eigenvalue weighted by molar-refractivity contribution is 5.83. The number of piperidine rings is 1. The Labute approximate surface area is 157 Å². The highest BCUT2D eigenvalue weighted by Gasteiger charge is 2.20. The van der Waals surface area contributed by atoms with Crippen molar-refractivity contribution in [2.75, 3.05) is 13.1 Å². The summed E-state index contributed by atoms with van der Waals surface area (Å²) in [6.45, 7) is 8.15. The topological polar surface area (TPSA) is 72.8 Å². The molecular formula is C20H26N4O3. The molecule has 0 atom stereocenters. The Balaban J connectivity index is 1.48. The van der Waals surface area contributed by atoms with Crippen LogP contribution in [-0.2, 0) is 11.3 Å². The van der Waals surface area contributed by atoms with Crippen molar-refractivity contribution in [1.29, 1.82) is 0 Å². The Hall–Kier alpha value is -2.57. The Bertz CT molecular complexity index is 1050. The van der Waals surface area contributed by atoms with E-state index >= 15 is 0 Å². The number of carbonyl (C=O) groups is 1. The molecule has 1 amide bonds. The number of likely N-dealkylation sites (tertiary alicyclic amines) is 1. The average Bonchev–Trinajstić information content (AvgIpc) is 3.15. The Morgan fingerprint density at radius 1 is 1.22 bits per heavy atom. The van der Waals surface area contributed by atoms with Gasteiger partial charge in [0.05, 0.1) is 5.52 Å². The van der Waals surface area contributed by atoms with Gasteiger partial charge in [-0.15, -0.1) is 0 Å². The van der Waals surface area contributed by atoms with E-state index in [0.29, 0.717) is 36.4 Å². The predicted molar refractivity (Wildman–Crippen MR) is 103 cm³/mol. The molecule has 3 aromatic rings. The van der Waals surface area contributed by atoms with Gasteiger partial charge in [-0.1, -0.05) is 6.92 Å². The molecule has 1 saturated heterocycles. The maximum atomic E-state index is 12.8. The first-order valence-corrected chi connectivity index (χ1v) is 9.71. The van der Waals surface area contributed by atoms with Gasteiger partial charge in [0.25, 0.3) is 5.56 Å². The van der Waals surface area contributed by atoms with E-state index < -0.39 is 0 Å². The van der Waals surface area contributed by atoms with Crippen molar-refractivity contribution in [3.63, 3.8) is 0 Å². The minimum atomic E-state index is -0.149. The maximum Gasteiger partial charge on any atom is 0.291 e. The van der Waals surface area contributed by atoms with E-state index in [1.807, 2.05) is 29.2 Å². The van der Waals surface area contributed by atoms with Crippen LogP contribution in [-0.4, -0.2) is 38.1 Å². The molecule has 7 nitrogen and oxygen atoms in total. The molecule has 0 saturated carbocycles. The number of nitrogens with zero attached hydrogens (tertiary/aromatic N) is 4. The Kier molecular flexibility index (Phi) is 4.53. The lowest BCUT2D eigenvalue weighted by molar-refractivity contribution is -0.132. The van der Waals surface area contributed by atoms with Crippen LogP contribution >= 0.6 is 0 Å². The summed E-state index contributed by atoms with van der Waals surface area (Å²) < 4.78 is 8.96. The molecule has 1 fully saturated rings. The van der Waals surface area contributed by atoms with E-state index in [1.165, 1.54) is 4.68 Å². The minimum Gasteiger partial charge on any atom is -0.460 e. The van der Waals surface area contributed by atoms with Crippen molar-refractivity contribution >= 4 is 22.5 Å². The molecule has 0 N–H and O–H groups in total. The van der Waals surface area contributed by atoms with Crippen LogP contribution in [0.15, 0.2) is 21.3 Å². The molecule has 4 heterocycles. The lowest BCUT2D eigenvalue weighted by atomic mass is 9.99. The number of amides is 1. The van der Waals surface area contributed by atoms with Gasteiger partial charge in [0, 0.05) is 38.2 Å². The first kappa shape index (κ1) is 17.8. The molecule has 0 aromatic carbocycles. The van der Waals surface area contributed by atoms with Crippen molar-refractivity contribution in [2.24, 2.45) is 5.92 Å². The van der Waals surface area contributed by atoms with Crippen molar-refractivity contribution in [1.82, 2.24) is 19.1 Å². The van der Waals surface area contributed by atoms with Crippen molar-refractivity contribution < 1.29 is 9.21 Å². The lowest BCUT2D eigenvalue weighted by Gasteiger charge is -2.30. The Morgan fingerprint density at radius 2 is 1.96 bits per heavy atom. The van der Waals surface area contributed by atoms with Crippen LogP contribution < -0.4 is 5.56 Å². The molecule has 1 aliphatic heterocycles. The minimum absolute atomic E-state index is 0.149. The van der Waals surface area contributed by atoms with E-state index in [-0.39, 0.29) is 11.5 Å². The summed E-state index contributed by atoms with van der Waals surface area (Å²) >= 11 is 0. The number of hydrogen-bond donors (Lipinski definition) is 0. The second-order valence-corrected chi connectivity index (χ2v) is 7.71. The zero-order chi connectivity index (χ0) is 19.1. The molecule has 0 bridgehead atoms. The molecule has 0 unspecified atom stereocenters. The fourth-order valence-electron chi connectivity index (χ4n) is 3.97. The van der Waals surface area contributed by atoms with E-state index in [2.05, 4.69) is 12.0 Å². The number of carbonyl (C=O) groups excluding carboxylic acids is 1. The van der Waals surface area contributed by atoms with E-state index in [1.54, 1.807) is 6.07 Å². The van der Waals surface area contributed by atoms with Crippen molar-refractivity contribution in [2.45, 2.75) is 53.0 Å².